The third kappa shape index (κ3) is 5.97. The predicted molar refractivity (Wildman–Crippen MR) is 94.9 cm³/mol. The molecular weight excluding hydrogens is 352 g/mol. The smallest absolute Gasteiger partial charge is 0.230 e. The maximum absolute atomic E-state index is 12.5. The number of nitrogens with one attached hydrogen (secondary N) is 1. The third-order valence-electron chi connectivity index (χ3n) is 3.66. The molecule has 1 aromatic carbocycles. The fourth-order valence-electron chi connectivity index (χ4n) is 2.06. The summed E-state index contributed by atoms with van der Waals surface area (Å²) in [4.78, 5) is 12.5. The minimum atomic E-state index is -0.555. The standard InChI is InChI=1S/C16H25BrN2O.ClH/c1-4-5-6-14(11-18)19-15(20)16(2,3)12-7-9-13(17)10-8-12;/h7-10,14H,4-6,11,18H2,1-3H3,(H,19,20);1H. The lowest BCUT2D eigenvalue weighted by atomic mass is 9.83. The van der Waals surface area contributed by atoms with Gasteiger partial charge in [0.1, 0.15) is 0 Å². The van der Waals surface area contributed by atoms with Gasteiger partial charge in [-0.2, -0.15) is 0 Å². The second kappa shape index (κ2) is 9.44. The van der Waals surface area contributed by atoms with Gasteiger partial charge in [-0.1, -0.05) is 47.8 Å². The molecule has 0 heterocycles. The Morgan fingerprint density at radius 2 is 1.90 bits per heavy atom. The Morgan fingerprint density at radius 3 is 2.38 bits per heavy atom. The summed E-state index contributed by atoms with van der Waals surface area (Å²) in [7, 11) is 0. The molecule has 120 valence electrons. The maximum Gasteiger partial charge on any atom is 0.230 e. The van der Waals surface area contributed by atoms with Gasteiger partial charge in [-0.25, -0.2) is 0 Å². The summed E-state index contributed by atoms with van der Waals surface area (Å²) in [5.74, 6) is 0.0337. The molecule has 1 amide bonds. The molecule has 21 heavy (non-hydrogen) atoms. The van der Waals surface area contributed by atoms with Gasteiger partial charge in [-0.3, -0.25) is 4.79 Å². The number of hydrogen-bond donors (Lipinski definition) is 2. The molecule has 0 bridgehead atoms. The number of carbonyl (C=O) groups excluding carboxylic acids is 1. The van der Waals surface area contributed by atoms with E-state index in [1.807, 2.05) is 38.1 Å². The van der Waals surface area contributed by atoms with E-state index in [0.717, 1.165) is 29.3 Å². The third-order valence-corrected chi connectivity index (χ3v) is 4.19. The molecule has 0 radical (unpaired) electrons. The average Bonchev–Trinajstić information content (AvgIpc) is 2.43. The van der Waals surface area contributed by atoms with Crippen molar-refractivity contribution in [1.29, 1.82) is 0 Å². The first-order chi connectivity index (χ1) is 9.41. The predicted octanol–water partition coefficient (Wildman–Crippen LogP) is 3.78. The molecule has 0 aromatic heterocycles. The largest absolute Gasteiger partial charge is 0.351 e. The molecule has 1 rings (SSSR count). The van der Waals surface area contributed by atoms with E-state index in [1.54, 1.807) is 0 Å². The molecule has 0 saturated heterocycles. The highest BCUT2D eigenvalue weighted by atomic mass is 79.9. The fourth-order valence-corrected chi connectivity index (χ4v) is 2.33. The van der Waals surface area contributed by atoms with E-state index in [2.05, 4.69) is 28.2 Å². The molecule has 1 aromatic rings. The van der Waals surface area contributed by atoms with Crippen LogP contribution in [0.1, 0.15) is 45.6 Å². The zero-order valence-corrected chi connectivity index (χ0v) is 15.4. The topological polar surface area (TPSA) is 55.1 Å². The van der Waals surface area contributed by atoms with Gasteiger partial charge in [-0.05, 0) is 38.0 Å². The quantitative estimate of drug-likeness (QED) is 0.759. The van der Waals surface area contributed by atoms with Crippen molar-refractivity contribution in [2.24, 2.45) is 5.73 Å². The van der Waals surface area contributed by atoms with E-state index >= 15 is 0 Å². The summed E-state index contributed by atoms with van der Waals surface area (Å²) in [5.41, 5.74) is 6.19. The first-order valence-electron chi connectivity index (χ1n) is 7.19. The number of unbranched alkanes of at least 4 members (excludes halogenated alkanes) is 1. The Labute approximate surface area is 142 Å². The lowest BCUT2D eigenvalue weighted by Gasteiger charge is -2.27. The van der Waals surface area contributed by atoms with Gasteiger partial charge in [0, 0.05) is 17.1 Å². The van der Waals surface area contributed by atoms with Gasteiger partial charge < -0.3 is 11.1 Å². The Bertz CT molecular complexity index is 434. The molecule has 3 N–H and O–H groups in total. The normalized spacial score (nSPS) is 12.4. The molecule has 1 atom stereocenters. The van der Waals surface area contributed by atoms with Crippen molar-refractivity contribution >= 4 is 34.2 Å². The molecule has 0 aliphatic carbocycles. The average molecular weight is 378 g/mol. The van der Waals surface area contributed by atoms with E-state index in [-0.39, 0.29) is 24.4 Å². The summed E-state index contributed by atoms with van der Waals surface area (Å²) in [6, 6.07) is 7.95. The van der Waals surface area contributed by atoms with Crippen LogP contribution in [-0.2, 0) is 10.2 Å². The second-order valence-corrected chi connectivity index (χ2v) is 6.60. The van der Waals surface area contributed by atoms with Crippen LogP contribution in [0.5, 0.6) is 0 Å². The van der Waals surface area contributed by atoms with Crippen LogP contribution in [0.3, 0.4) is 0 Å². The van der Waals surface area contributed by atoms with Gasteiger partial charge in [0.05, 0.1) is 5.41 Å². The highest BCUT2D eigenvalue weighted by Gasteiger charge is 2.30. The zero-order valence-electron chi connectivity index (χ0n) is 13.0. The van der Waals surface area contributed by atoms with Gasteiger partial charge in [0.2, 0.25) is 5.91 Å². The maximum atomic E-state index is 12.5. The van der Waals surface area contributed by atoms with Crippen LogP contribution < -0.4 is 11.1 Å². The van der Waals surface area contributed by atoms with E-state index in [4.69, 9.17) is 5.73 Å². The van der Waals surface area contributed by atoms with Crippen LogP contribution in [0.25, 0.3) is 0 Å². The van der Waals surface area contributed by atoms with E-state index in [0.29, 0.717) is 6.54 Å². The molecule has 0 fully saturated rings. The van der Waals surface area contributed by atoms with Crippen molar-refractivity contribution in [1.82, 2.24) is 5.32 Å². The van der Waals surface area contributed by atoms with Crippen LogP contribution in [-0.4, -0.2) is 18.5 Å². The molecule has 3 nitrogen and oxygen atoms in total. The monoisotopic (exact) mass is 376 g/mol. The summed E-state index contributed by atoms with van der Waals surface area (Å²) < 4.78 is 1.01. The van der Waals surface area contributed by atoms with Crippen molar-refractivity contribution in [3.63, 3.8) is 0 Å². The number of carbonyl (C=O) groups is 1. The summed E-state index contributed by atoms with van der Waals surface area (Å²) in [6.45, 7) is 6.52. The number of rotatable bonds is 7. The Balaban J connectivity index is 0.00000400. The summed E-state index contributed by atoms with van der Waals surface area (Å²) >= 11 is 3.41. The van der Waals surface area contributed by atoms with Crippen LogP contribution in [0.15, 0.2) is 28.7 Å². The van der Waals surface area contributed by atoms with Gasteiger partial charge in [-0.15, -0.1) is 12.4 Å². The van der Waals surface area contributed by atoms with Crippen molar-refractivity contribution in [3.8, 4) is 0 Å². The Hall–Kier alpha value is -0.580. The highest BCUT2D eigenvalue weighted by Crippen LogP contribution is 2.25. The Morgan fingerprint density at radius 1 is 1.33 bits per heavy atom. The van der Waals surface area contributed by atoms with E-state index < -0.39 is 5.41 Å². The first kappa shape index (κ1) is 20.4. The Kier molecular flexibility index (Phi) is 9.18. The number of hydrogen-bond acceptors (Lipinski definition) is 2. The molecule has 0 saturated carbocycles. The lowest BCUT2D eigenvalue weighted by Crippen LogP contribution is -2.47. The van der Waals surface area contributed by atoms with Crippen LogP contribution >= 0.6 is 28.3 Å². The lowest BCUT2D eigenvalue weighted by molar-refractivity contribution is -0.126. The van der Waals surface area contributed by atoms with Crippen molar-refractivity contribution in [2.45, 2.75) is 51.5 Å². The number of nitrogens with two attached hydrogens (primary N) is 1. The molecule has 5 heteroatoms. The zero-order chi connectivity index (χ0) is 15.2. The number of amides is 1. The van der Waals surface area contributed by atoms with Gasteiger partial charge in [0.25, 0.3) is 0 Å². The van der Waals surface area contributed by atoms with Crippen LogP contribution in [0, 0.1) is 0 Å². The van der Waals surface area contributed by atoms with Gasteiger partial charge >= 0.3 is 0 Å². The van der Waals surface area contributed by atoms with Gasteiger partial charge in [0.15, 0.2) is 0 Å². The van der Waals surface area contributed by atoms with Crippen molar-refractivity contribution < 1.29 is 4.79 Å². The second-order valence-electron chi connectivity index (χ2n) is 5.68. The van der Waals surface area contributed by atoms with Crippen molar-refractivity contribution in [2.75, 3.05) is 6.54 Å². The highest BCUT2D eigenvalue weighted by molar-refractivity contribution is 9.10. The first-order valence-corrected chi connectivity index (χ1v) is 7.98. The SMILES string of the molecule is CCCCC(CN)NC(=O)C(C)(C)c1ccc(Br)cc1.Cl. The van der Waals surface area contributed by atoms with Crippen LogP contribution in [0.2, 0.25) is 0 Å². The molecule has 1 unspecified atom stereocenters. The van der Waals surface area contributed by atoms with E-state index in [9.17, 15) is 4.79 Å². The minimum Gasteiger partial charge on any atom is -0.351 e. The molecule has 0 aliphatic rings. The van der Waals surface area contributed by atoms with E-state index in [1.165, 1.54) is 0 Å². The fraction of sp³-hybridized carbons (Fsp3) is 0.562. The van der Waals surface area contributed by atoms with Crippen molar-refractivity contribution in [3.05, 3.63) is 34.3 Å². The summed E-state index contributed by atoms with van der Waals surface area (Å²) in [6.07, 6.45) is 3.14. The molecule has 0 aliphatic heterocycles. The molecular formula is C16H26BrClN2O. The van der Waals surface area contributed by atoms with Crippen LogP contribution in [0.4, 0.5) is 0 Å². The minimum absolute atomic E-state index is 0. The summed E-state index contributed by atoms with van der Waals surface area (Å²) in [5, 5.41) is 3.08. The number of halogens is 2. The number of benzene rings is 1. The molecule has 0 spiro atoms.